The standard InChI is InChI=1S/C54H33N5O/c1-2-13-39(14-3-1)54-55-46-33-30-36-16-11-20-42(49(36)50(46)60-54)35-24-26-37(27-25-35)51-56-52(58-53(57-51)45-21-10-15-34-12-4-5-17-41(34)45)38-28-31-40(32-29-38)59-47-22-8-6-18-43(47)44-19-7-9-23-48(44)59/h1-33H. The zero-order valence-corrected chi connectivity index (χ0v) is 32.2. The monoisotopic (exact) mass is 767 g/mol. The quantitative estimate of drug-likeness (QED) is 0.168. The predicted molar refractivity (Wildman–Crippen MR) is 244 cm³/mol. The van der Waals surface area contributed by atoms with Crippen molar-refractivity contribution in [1.82, 2.24) is 24.5 Å². The largest absolute Gasteiger partial charge is 0.435 e. The second kappa shape index (κ2) is 13.7. The maximum absolute atomic E-state index is 6.49. The summed E-state index contributed by atoms with van der Waals surface area (Å²) in [6.07, 6.45) is 0. The van der Waals surface area contributed by atoms with Crippen molar-refractivity contribution >= 4 is 54.5 Å². The van der Waals surface area contributed by atoms with Crippen molar-refractivity contribution in [2.45, 2.75) is 0 Å². The van der Waals surface area contributed by atoms with Gasteiger partial charge in [-0.05, 0) is 81.9 Å². The minimum absolute atomic E-state index is 0.601. The summed E-state index contributed by atoms with van der Waals surface area (Å²) < 4.78 is 8.81. The minimum Gasteiger partial charge on any atom is -0.435 e. The first-order valence-electron chi connectivity index (χ1n) is 20.1. The molecular formula is C54H33N5O. The van der Waals surface area contributed by atoms with E-state index in [9.17, 15) is 0 Å². The SMILES string of the molecule is c1ccc(-c2nc3ccc4cccc(-c5ccc(-c6nc(-c7ccc(-n8c9ccccc9c9ccccc98)cc7)nc(-c7cccc8ccccc78)n6)cc5)c4c3o2)cc1. The molecule has 3 aromatic heterocycles. The van der Waals surface area contributed by atoms with Gasteiger partial charge < -0.3 is 8.98 Å². The lowest BCUT2D eigenvalue weighted by Crippen LogP contribution is -2.01. The second-order valence-corrected chi connectivity index (χ2v) is 15.0. The molecule has 0 amide bonds. The van der Waals surface area contributed by atoms with Gasteiger partial charge >= 0.3 is 0 Å². The molecule has 60 heavy (non-hydrogen) atoms. The van der Waals surface area contributed by atoms with E-state index in [1.54, 1.807) is 0 Å². The smallest absolute Gasteiger partial charge is 0.227 e. The van der Waals surface area contributed by atoms with Crippen molar-refractivity contribution in [1.29, 1.82) is 0 Å². The molecule has 0 unspecified atom stereocenters. The summed E-state index contributed by atoms with van der Waals surface area (Å²) in [6, 6.07) is 69.3. The Labute approximate surface area is 344 Å². The normalized spacial score (nSPS) is 11.7. The van der Waals surface area contributed by atoms with E-state index in [1.165, 1.54) is 21.8 Å². The Hall–Kier alpha value is -8.22. The molecule has 0 saturated heterocycles. The van der Waals surface area contributed by atoms with Gasteiger partial charge in [-0.3, -0.25) is 0 Å². The van der Waals surface area contributed by atoms with Gasteiger partial charge in [0.25, 0.3) is 0 Å². The number of oxazole rings is 1. The molecule has 0 atom stereocenters. The molecule has 0 radical (unpaired) electrons. The Morgan fingerprint density at radius 2 is 0.900 bits per heavy atom. The van der Waals surface area contributed by atoms with Crippen LogP contribution in [0, 0.1) is 0 Å². The summed E-state index contributed by atoms with van der Waals surface area (Å²) in [4.78, 5) is 20.3. The van der Waals surface area contributed by atoms with Gasteiger partial charge in [-0.1, -0.05) is 146 Å². The third kappa shape index (κ3) is 5.57. The third-order valence-electron chi connectivity index (χ3n) is 11.5. The van der Waals surface area contributed by atoms with Gasteiger partial charge in [0.05, 0.1) is 11.0 Å². The van der Waals surface area contributed by atoms with Crippen LogP contribution in [0.1, 0.15) is 0 Å². The third-order valence-corrected chi connectivity index (χ3v) is 11.5. The van der Waals surface area contributed by atoms with Crippen molar-refractivity contribution in [3.8, 4) is 62.4 Å². The van der Waals surface area contributed by atoms with E-state index in [2.05, 4.69) is 168 Å². The van der Waals surface area contributed by atoms with Crippen molar-refractivity contribution in [2.24, 2.45) is 0 Å². The van der Waals surface area contributed by atoms with Crippen LogP contribution in [0.3, 0.4) is 0 Å². The van der Waals surface area contributed by atoms with Gasteiger partial charge in [0.2, 0.25) is 5.89 Å². The van der Waals surface area contributed by atoms with Crippen LogP contribution < -0.4 is 0 Å². The van der Waals surface area contributed by atoms with E-state index >= 15 is 0 Å². The average molecular weight is 768 g/mol. The van der Waals surface area contributed by atoms with Crippen LogP contribution in [0.15, 0.2) is 205 Å². The topological polar surface area (TPSA) is 69.6 Å². The van der Waals surface area contributed by atoms with Crippen molar-refractivity contribution in [2.75, 3.05) is 0 Å². The number of rotatable bonds is 6. The molecule has 6 nitrogen and oxygen atoms in total. The molecule has 0 spiro atoms. The van der Waals surface area contributed by atoms with E-state index in [0.717, 1.165) is 71.7 Å². The van der Waals surface area contributed by atoms with Crippen LogP contribution in [0.5, 0.6) is 0 Å². The van der Waals surface area contributed by atoms with Gasteiger partial charge in [0.15, 0.2) is 23.1 Å². The summed E-state index contributed by atoms with van der Waals surface area (Å²) in [7, 11) is 0. The number of benzene rings is 9. The number of aromatic nitrogens is 5. The Balaban J connectivity index is 0.973. The van der Waals surface area contributed by atoms with E-state index in [-0.39, 0.29) is 0 Å². The number of para-hydroxylation sites is 2. The fourth-order valence-electron chi connectivity index (χ4n) is 8.63. The Morgan fingerprint density at radius 1 is 0.350 bits per heavy atom. The zero-order chi connectivity index (χ0) is 39.6. The Morgan fingerprint density at radius 3 is 1.62 bits per heavy atom. The first-order chi connectivity index (χ1) is 29.7. The molecule has 6 heteroatoms. The lowest BCUT2D eigenvalue weighted by Gasteiger charge is -2.12. The summed E-state index contributed by atoms with van der Waals surface area (Å²) in [5.41, 5.74) is 10.8. The predicted octanol–water partition coefficient (Wildman–Crippen LogP) is 13.8. The van der Waals surface area contributed by atoms with Crippen molar-refractivity contribution < 1.29 is 4.42 Å². The molecule has 0 aliphatic heterocycles. The highest BCUT2D eigenvalue weighted by Crippen LogP contribution is 2.38. The van der Waals surface area contributed by atoms with Crippen LogP contribution in [-0.2, 0) is 0 Å². The molecule has 0 saturated carbocycles. The highest BCUT2D eigenvalue weighted by atomic mass is 16.3. The first kappa shape index (κ1) is 33.9. The van der Waals surface area contributed by atoms with Gasteiger partial charge in [-0.2, -0.15) is 0 Å². The molecule has 9 aromatic carbocycles. The molecule has 12 rings (SSSR count). The molecule has 0 N–H and O–H groups in total. The zero-order valence-electron chi connectivity index (χ0n) is 32.2. The number of nitrogens with zero attached hydrogens (tertiary/aromatic N) is 5. The summed E-state index contributed by atoms with van der Waals surface area (Å²) in [5.74, 6) is 2.44. The van der Waals surface area contributed by atoms with Crippen LogP contribution >= 0.6 is 0 Å². The summed E-state index contributed by atoms with van der Waals surface area (Å²) in [6.45, 7) is 0. The van der Waals surface area contributed by atoms with Crippen molar-refractivity contribution in [3.63, 3.8) is 0 Å². The Kier molecular flexibility index (Phi) is 7.74. The average Bonchev–Trinajstić information content (AvgIpc) is 3.92. The van der Waals surface area contributed by atoms with E-state index in [1.807, 2.05) is 36.4 Å². The summed E-state index contributed by atoms with van der Waals surface area (Å²) in [5, 5.41) is 6.80. The molecule has 0 bridgehead atoms. The first-order valence-corrected chi connectivity index (χ1v) is 20.1. The van der Waals surface area contributed by atoms with Gasteiger partial charge in [0, 0.05) is 44.1 Å². The molecule has 280 valence electrons. The van der Waals surface area contributed by atoms with Crippen LogP contribution in [0.25, 0.3) is 117 Å². The van der Waals surface area contributed by atoms with E-state index < -0.39 is 0 Å². The molecular weight excluding hydrogens is 735 g/mol. The lowest BCUT2D eigenvalue weighted by molar-refractivity contribution is 0.623. The highest BCUT2D eigenvalue weighted by Gasteiger charge is 2.18. The fraction of sp³-hybridized carbons (Fsp3) is 0. The van der Waals surface area contributed by atoms with Crippen LogP contribution in [0.4, 0.5) is 0 Å². The highest BCUT2D eigenvalue weighted by molar-refractivity contribution is 6.12. The Bertz CT molecular complexity index is 3530. The summed E-state index contributed by atoms with van der Waals surface area (Å²) >= 11 is 0. The number of hydrogen-bond donors (Lipinski definition) is 0. The van der Waals surface area contributed by atoms with E-state index in [4.69, 9.17) is 24.4 Å². The van der Waals surface area contributed by atoms with Crippen LogP contribution in [-0.4, -0.2) is 24.5 Å². The van der Waals surface area contributed by atoms with E-state index in [0.29, 0.717) is 23.4 Å². The maximum atomic E-state index is 6.49. The minimum atomic E-state index is 0.601. The molecule has 3 heterocycles. The molecule has 0 aliphatic rings. The lowest BCUT2D eigenvalue weighted by atomic mass is 9.96. The van der Waals surface area contributed by atoms with Crippen LogP contribution in [0.2, 0.25) is 0 Å². The molecule has 12 aromatic rings. The molecule has 0 fully saturated rings. The van der Waals surface area contributed by atoms with Gasteiger partial charge in [0.1, 0.15) is 5.52 Å². The van der Waals surface area contributed by atoms with Crippen molar-refractivity contribution in [3.05, 3.63) is 200 Å². The molecule has 0 aliphatic carbocycles. The van der Waals surface area contributed by atoms with Gasteiger partial charge in [-0.15, -0.1) is 0 Å². The number of hydrogen-bond acceptors (Lipinski definition) is 5. The fourth-order valence-corrected chi connectivity index (χ4v) is 8.63. The van der Waals surface area contributed by atoms with Gasteiger partial charge in [-0.25, -0.2) is 19.9 Å². The second-order valence-electron chi connectivity index (χ2n) is 15.0. The number of fused-ring (bicyclic) bond motifs is 7. The maximum Gasteiger partial charge on any atom is 0.227 e.